The molecule has 0 fully saturated rings. The Kier molecular flexibility index (Phi) is 7.27. The van der Waals surface area contributed by atoms with E-state index in [1.807, 2.05) is 24.3 Å². The van der Waals surface area contributed by atoms with Crippen molar-refractivity contribution in [3.63, 3.8) is 0 Å². The highest BCUT2D eigenvalue weighted by Crippen LogP contribution is 2.33. The minimum absolute atomic E-state index is 0.385. The van der Waals surface area contributed by atoms with E-state index in [0.29, 0.717) is 11.1 Å². The van der Waals surface area contributed by atoms with Gasteiger partial charge in [0.15, 0.2) is 8.07 Å². The Labute approximate surface area is 280 Å². The fourth-order valence-electron chi connectivity index (χ4n) is 7.35. The zero-order chi connectivity index (χ0) is 32.5. The van der Waals surface area contributed by atoms with Crippen LogP contribution in [0.2, 0.25) is 0 Å². The molecule has 0 amide bonds. The molecule has 4 heteroatoms. The largest absolute Gasteiger partial charge is 0.309 e. The van der Waals surface area contributed by atoms with Crippen LogP contribution >= 0.6 is 0 Å². The molecule has 0 saturated carbocycles. The van der Waals surface area contributed by atoms with Crippen LogP contribution in [0.4, 0.5) is 0 Å². The van der Waals surface area contributed by atoms with Gasteiger partial charge >= 0.3 is 0 Å². The number of benzene rings is 7. The number of nitriles is 2. The molecule has 0 aliphatic heterocycles. The van der Waals surface area contributed by atoms with Crippen molar-refractivity contribution in [3.8, 4) is 29.0 Å². The summed E-state index contributed by atoms with van der Waals surface area (Å²) in [6.45, 7) is 0. The number of rotatable bonds is 6. The predicted molar refractivity (Wildman–Crippen MR) is 199 cm³/mol. The van der Waals surface area contributed by atoms with Crippen molar-refractivity contribution in [1.29, 1.82) is 10.5 Å². The van der Waals surface area contributed by atoms with Crippen LogP contribution in [0.15, 0.2) is 176 Å². The van der Waals surface area contributed by atoms with E-state index in [4.69, 9.17) is 0 Å². The van der Waals surface area contributed by atoms with Crippen molar-refractivity contribution in [2.45, 2.75) is 0 Å². The zero-order valence-electron chi connectivity index (χ0n) is 26.1. The highest BCUT2D eigenvalue weighted by molar-refractivity contribution is 7.20. The minimum Gasteiger partial charge on any atom is -0.309 e. The molecule has 8 rings (SSSR count). The van der Waals surface area contributed by atoms with E-state index in [1.54, 1.807) is 0 Å². The Morgan fingerprint density at radius 3 is 1.35 bits per heavy atom. The average Bonchev–Trinajstić information content (AvgIpc) is 3.50. The molecule has 48 heavy (non-hydrogen) atoms. The molecule has 0 radical (unpaired) electrons. The minimum atomic E-state index is -2.93. The lowest BCUT2D eigenvalue weighted by molar-refractivity contribution is 1.18. The first kappa shape index (κ1) is 29.0. The summed E-state index contributed by atoms with van der Waals surface area (Å²) in [5.74, 6) is 0. The van der Waals surface area contributed by atoms with Crippen molar-refractivity contribution in [2.24, 2.45) is 0 Å². The van der Waals surface area contributed by atoms with E-state index in [-0.39, 0.29) is 0 Å². The lowest BCUT2D eigenvalue weighted by Crippen LogP contribution is -2.74. The number of nitrogens with zero attached hydrogens (tertiary/aromatic N) is 3. The van der Waals surface area contributed by atoms with Gasteiger partial charge in [0.1, 0.15) is 12.1 Å². The van der Waals surface area contributed by atoms with Crippen LogP contribution < -0.4 is 20.7 Å². The molecule has 0 N–H and O–H groups in total. The molecule has 8 aromatic rings. The molecule has 0 aliphatic carbocycles. The lowest BCUT2D eigenvalue weighted by atomic mass is 9.96. The quantitative estimate of drug-likeness (QED) is 0.141. The Hall–Kier alpha value is -6.46. The molecular formula is C44H29N3Si. The van der Waals surface area contributed by atoms with Crippen LogP contribution in [0.25, 0.3) is 38.6 Å². The van der Waals surface area contributed by atoms with Gasteiger partial charge < -0.3 is 4.57 Å². The average molecular weight is 628 g/mol. The summed E-state index contributed by atoms with van der Waals surface area (Å²) in [7, 11) is -2.93. The molecule has 0 bridgehead atoms. The van der Waals surface area contributed by atoms with Crippen molar-refractivity contribution in [3.05, 3.63) is 187 Å². The SMILES string of the molecule is N#Cc1cc([Si](c2ccccc2)(c2ccccc2)c2ccccc2)cc(-c2ccc(-n3c4ccccc4c4ccccc43)cc2)c1C#N. The fraction of sp³-hybridized carbons (Fsp3) is 0. The molecule has 0 spiro atoms. The molecule has 7 aromatic carbocycles. The summed E-state index contributed by atoms with van der Waals surface area (Å²) < 4.78 is 2.29. The van der Waals surface area contributed by atoms with E-state index in [0.717, 1.165) is 33.0 Å². The topological polar surface area (TPSA) is 52.5 Å². The highest BCUT2D eigenvalue weighted by Gasteiger charge is 2.42. The molecule has 0 unspecified atom stereocenters. The molecule has 0 atom stereocenters. The lowest BCUT2D eigenvalue weighted by Gasteiger charge is -2.35. The van der Waals surface area contributed by atoms with Gasteiger partial charge in [0.2, 0.25) is 0 Å². The van der Waals surface area contributed by atoms with Crippen molar-refractivity contribution in [2.75, 3.05) is 0 Å². The van der Waals surface area contributed by atoms with E-state index in [9.17, 15) is 10.5 Å². The standard InChI is InChI=1S/C44H29N3Si/c45-30-33-28-38(48(35-14-4-1-5-15-35,36-16-6-2-7-17-36)37-18-8-3-9-19-37)29-41(42(33)31-46)32-24-26-34(27-25-32)47-43-22-12-10-20-39(43)40-21-11-13-23-44(40)47/h1-29H. The fourth-order valence-corrected chi connectivity index (χ4v) is 12.1. The van der Waals surface area contributed by atoms with E-state index < -0.39 is 8.07 Å². The van der Waals surface area contributed by atoms with Gasteiger partial charge in [-0.15, -0.1) is 0 Å². The summed E-state index contributed by atoms with van der Waals surface area (Å²) in [6.07, 6.45) is 0. The molecule has 224 valence electrons. The van der Waals surface area contributed by atoms with Gasteiger partial charge in [-0.25, -0.2) is 0 Å². The smallest absolute Gasteiger partial charge is 0.179 e. The first-order valence-corrected chi connectivity index (χ1v) is 18.0. The van der Waals surface area contributed by atoms with Crippen LogP contribution in [0.5, 0.6) is 0 Å². The van der Waals surface area contributed by atoms with Crippen molar-refractivity contribution >= 4 is 50.6 Å². The summed E-state index contributed by atoms with van der Waals surface area (Å²) >= 11 is 0. The molecule has 1 heterocycles. The number of hydrogen-bond acceptors (Lipinski definition) is 2. The number of hydrogen-bond donors (Lipinski definition) is 0. The van der Waals surface area contributed by atoms with Gasteiger partial charge in [-0.3, -0.25) is 0 Å². The zero-order valence-corrected chi connectivity index (χ0v) is 27.1. The second-order valence-electron chi connectivity index (χ2n) is 11.9. The van der Waals surface area contributed by atoms with E-state index in [2.05, 4.69) is 168 Å². The first-order valence-electron chi connectivity index (χ1n) is 16.0. The second-order valence-corrected chi connectivity index (χ2v) is 15.7. The van der Waals surface area contributed by atoms with Gasteiger partial charge in [-0.2, -0.15) is 10.5 Å². The van der Waals surface area contributed by atoms with Crippen LogP contribution in [0, 0.1) is 22.7 Å². The molecule has 0 aliphatic rings. The molecule has 3 nitrogen and oxygen atoms in total. The van der Waals surface area contributed by atoms with Crippen molar-refractivity contribution < 1.29 is 0 Å². The van der Waals surface area contributed by atoms with Gasteiger partial charge in [0.05, 0.1) is 22.2 Å². The summed E-state index contributed by atoms with van der Waals surface area (Å²) in [4.78, 5) is 0. The first-order chi connectivity index (χ1) is 23.7. The summed E-state index contributed by atoms with van der Waals surface area (Å²) in [5.41, 5.74) is 5.75. The molecule has 0 saturated heterocycles. The predicted octanol–water partition coefficient (Wildman–Crippen LogP) is 7.57. The molecule has 1 aromatic heterocycles. The highest BCUT2D eigenvalue weighted by atomic mass is 28.3. The maximum atomic E-state index is 10.5. The van der Waals surface area contributed by atoms with Crippen LogP contribution in [-0.2, 0) is 0 Å². The molecular weight excluding hydrogens is 599 g/mol. The normalized spacial score (nSPS) is 11.3. The monoisotopic (exact) mass is 627 g/mol. The second kappa shape index (κ2) is 12.0. The number of aromatic nitrogens is 1. The van der Waals surface area contributed by atoms with Gasteiger partial charge in [0, 0.05) is 22.0 Å². The van der Waals surface area contributed by atoms with Crippen LogP contribution in [0.3, 0.4) is 0 Å². The summed E-state index contributed by atoms with van der Waals surface area (Å²) in [5, 5.41) is 28.1. The van der Waals surface area contributed by atoms with Crippen molar-refractivity contribution in [1.82, 2.24) is 4.57 Å². The van der Waals surface area contributed by atoms with Gasteiger partial charge in [-0.1, -0.05) is 146 Å². The third kappa shape index (κ3) is 4.55. The van der Waals surface area contributed by atoms with E-state index >= 15 is 0 Å². The number of para-hydroxylation sites is 2. The third-order valence-corrected chi connectivity index (χ3v) is 14.2. The Balaban J connectivity index is 1.38. The van der Waals surface area contributed by atoms with Crippen LogP contribution in [-0.4, -0.2) is 12.6 Å². The Morgan fingerprint density at radius 1 is 0.438 bits per heavy atom. The maximum absolute atomic E-state index is 10.5. The van der Waals surface area contributed by atoms with Gasteiger partial charge in [0.25, 0.3) is 0 Å². The van der Waals surface area contributed by atoms with Crippen LogP contribution in [0.1, 0.15) is 11.1 Å². The number of fused-ring (bicyclic) bond motifs is 3. The Morgan fingerprint density at radius 2 is 0.896 bits per heavy atom. The third-order valence-electron chi connectivity index (χ3n) is 9.44. The summed E-state index contributed by atoms with van der Waals surface area (Å²) in [6, 6.07) is 66.2. The van der Waals surface area contributed by atoms with E-state index in [1.165, 1.54) is 26.3 Å². The van der Waals surface area contributed by atoms with Gasteiger partial charge in [-0.05, 0) is 56.6 Å². The maximum Gasteiger partial charge on any atom is 0.179 e. The Bertz CT molecular complexity index is 2350.